The molecule has 11 heteroatoms. The zero-order valence-electron chi connectivity index (χ0n) is 19.2. The van der Waals surface area contributed by atoms with Crippen molar-refractivity contribution in [1.82, 2.24) is 19.7 Å². The summed E-state index contributed by atoms with van der Waals surface area (Å²) >= 11 is 1.44. The molecule has 3 aromatic heterocycles. The lowest BCUT2D eigenvalue weighted by Crippen LogP contribution is -2.52. The van der Waals surface area contributed by atoms with Gasteiger partial charge in [0.25, 0.3) is 0 Å². The van der Waals surface area contributed by atoms with Crippen molar-refractivity contribution in [2.45, 2.75) is 19.0 Å². The van der Waals surface area contributed by atoms with Gasteiger partial charge in [0.05, 0.1) is 28.6 Å². The van der Waals surface area contributed by atoms with Crippen molar-refractivity contribution in [1.29, 1.82) is 0 Å². The number of carbonyl (C=O) groups excluding carboxylic acids is 1. The molecule has 0 N–H and O–H groups in total. The second-order valence-corrected chi connectivity index (χ2v) is 9.99. The Kier molecular flexibility index (Phi) is 5.48. The quantitative estimate of drug-likeness (QED) is 0.256. The van der Waals surface area contributed by atoms with Crippen LogP contribution in [0.2, 0.25) is 0 Å². The Morgan fingerprint density at radius 2 is 1.89 bits per heavy atom. The minimum atomic E-state index is -4.59. The molecule has 0 radical (unpaired) electrons. The van der Waals surface area contributed by atoms with Gasteiger partial charge in [0.1, 0.15) is 11.5 Å². The number of thiazole rings is 1. The zero-order chi connectivity index (χ0) is 25.8. The summed E-state index contributed by atoms with van der Waals surface area (Å²) < 4.78 is 55.5. The smallest absolute Gasteiger partial charge is 0.346 e. The highest BCUT2D eigenvalue weighted by Gasteiger charge is 2.50. The Morgan fingerprint density at radius 1 is 1.08 bits per heavy atom. The number of rotatable bonds is 4. The minimum absolute atomic E-state index is 0.226. The number of piperidine rings is 1. The lowest BCUT2D eigenvalue weighted by molar-refractivity contribution is -0.137. The van der Waals surface area contributed by atoms with Crippen molar-refractivity contribution >= 4 is 28.3 Å². The highest BCUT2D eigenvalue weighted by molar-refractivity contribution is 7.13. The number of aromatic nitrogens is 4. The van der Waals surface area contributed by atoms with Crippen LogP contribution >= 0.6 is 11.3 Å². The number of ketones is 1. The fraction of sp³-hybridized carbons (Fsp3) is 0.231. The first-order valence-corrected chi connectivity index (χ1v) is 12.4. The van der Waals surface area contributed by atoms with E-state index in [1.807, 2.05) is 16.4 Å². The number of benzene rings is 1. The summed E-state index contributed by atoms with van der Waals surface area (Å²) in [6, 6.07) is 7.61. The Bertz CT molecular complexity index is 1510. The van der Waals surface area contributed by atoms with Gasteiger partial charge in [-0.25, -0.2) is 14.1 Å². The Balaban J connectivity index is 1.46. The first-order chi connectivity index (χ1) is 17.7. The molecule has 1 saturated heterocycles. The Morgan fingerprint density at radius 3 is 2.62 bits per heavy atom. The number of halogens is 4. The first kappa shape index (κ1) is 23.5. The molecule has 0 spiro atoms. The molecule has 1 aliphatic heterocycles. The van der Waals surface area contributed by atoms with Crippen LogP contribution in [0.25, 0.3) is 11.8 Å². The molecule has 1 aliphatic carbocycles. The van der Waals surface area contributed by atoms with Crippen molar-refractivity contribution in [2.24, 2.45) is 5.41 Å². The van der Waals surface area contributed by atoms with E-state index in [0.29, 0.717) is 18.7 Å². The number of fused-ring (bicyclic) bond motifs is 2. The second-order valence-electron chi connectivity index (χ2n) is 9.11. The second kappa shape index (κ2) is 8.62. The standard InChI is InChI=1S/C26H19F4N5OS/c27-19-1-3-20(4-2-19)35-22-12-17-6-9-34(24-32-8-10-37-24)15-25(17,13-16(22)14-33-35)23(36)21-11-18(5-7-31-21)26(28,29)30/h1-5,7-8,10-12,14H,6,9,13,15H2/t25-/m0/s1. The van der Waals surface area contributed by atoms with Crippen molar-refractivity contribution in [3.63, 3.8) is 0 Å². The van der Waals surface area contributed by atoms with E-state index in [0.717, 1.165) is 40.3 Å². The van der Waals surface area contributed by atoms with Gasteiger partial charge in [-0.05, 0) is 60.9 Å². The molecular formula is C26H19F4N5OS. The normalized spacial score (nSPS) is 19.2. The average molecular weight is 526 g/mol. The van der Waals surface area contributed by atoms with Crippen molar-refractivity contribution in [3.8, 4) is 5.69 Å². The summed E-state index contributed by atoms with van der Waals surface area (Å²) in [6.07, 6.45) is 2.43. The van der Waals surface area contributed by atoms with E-state index in [1.54, 1.807) is 29.2 Å². The Hall–Kier alpha value is -3.86. The summed E-state index contributed by atoms with van der Waals surface area (Å²) in [4.78, 5) is 24.5. The van der Waals surface area contributed by atoms with E-state index in [9.17, 15) is 22.4 Å². The van der Waals surface area contributed by atoms with E-state index >= 15 is 0 Å². The molecule has 188 valence electrons. The molecule has 0 amide bonds. The molecule has 1 aromatic carbocycles. The number of hydrogen-bond acceptors (Lipinski definition) is 6. The monoisotopic (exact) mass is 525 g/mol. The zero-order valence-corrected chi connectivity index (χ0v) is 20.1. The summed E-state index contributed by atoms with van der Waals surface area (Å²) in [7, 11) is 0. The number of alkyl halides is 3. The minimum Gasteiger partial charge on any atom is -0.346 e. The highest BCUT2D eigenvalue weighted by atomic mass is 32.1. The van der Waals surface area contributed by atoms with E-state index in [2.05, 4.69) is 15.1 Å². The third-order valence-corrected chi connectivity index (χ3v) is 7.76. The van der Waals surface area contributed by atoms with Gasteiger partial charge in [-0.15, -0.1) is 11.3 Å². The number of pyridine rings is 1. The van der Waals surface area contributed by atoms with Crippen molar-refractivity contribution < 1.29 is 22.4 Å². The number of carbonyl (C=O) groups is 1. The molecule has 4 aromatic rings. The molecule has 0 unspecified atom stereocenters. The molecule has 2 aliphatic rings. The van der Waals surface area contributed by atoms with Crippen LogP contribution in [0.5, 0.6) is 0 Å². The first-order valence-electron chi connectivity index (χ1n) is 11.5. The van der Waals surface area contributed by atoms with Gasteiger partial charge in [0.15, 0.2) is 10.9 Å². The number of anilines is 1. The van der Waals surface area contributed by atoms with Crippen LogP contribution < -0.4 is 4.90 Å². The fourth-order valence-electron chi connectivity index (χ4n) is 5.15. The third kappa shape index (κ3) is 4.03. The highest BCUT2D eigenvalue weighted by Crippen LogP contribution is 2.47. The molecule has 0 bridgehead atoms. The Labute approximate surface area is 212 Å². The number of hydrogen-bond donors (Lipinski definition) is 0. The van der Waals surface area contributed by atoms with Crippen LogP contribution in [0, 0.1) is 11.2 Å². The average Bonchev–Trinajstić information content (AvgIpc) is 3.57. The molecule has 6 rings (SSSR count). The lowest BCUT2D eigenvalue weighted by atomic mass is 9.65. The maximum Gasteiger partial charge on any atom is 0.416 e. The maximum absolute atomic E-state index is 14.1. The molecule has 37 heavy (non-hydrogen) atoms. The molecule has 6 nitrogen and oxygen atoms in total. The molecule has 1 fully saturated rings. The van der Waals surface area contributed by atoms with Crippen LogP contribution in [0.4, 0.5) is 22.7 Å². The van der Waals surface area contributed by atoms with Crippen LogP contribution in [-0.2, 0) is 12.6 Å². The maximum atomic E-state index is 14.1. The molecule has 0 saturated carbocycles. The van der Waals surface area contributed by atoms with Gasteiger partial charge < -0.3 is 4.90 Å². The SMILES string of the molecule is O=C(c1cc(C(F)(F)F)ccn1)[C@]12Cc3cnn(-c4ccc(F)cc4)c3C=C1CCN(c1nccs1)C2. The van der Waals surface area contributed by atoms with Crippen LogP contribution in [-0.4, -0.2) is 38.6 Å². The summed E-state index contributed by atoms with van der Waals surface area (Å²) in [5, 5.41) is 7.07. The van der Waals surface area contributed by atoms with Crippen molar-refractivity contribution in [3.05, 3.63) is 94.3 Å². The third-order valence-electron chi connectivity index (χ3n) is 6.93. The molecule has 4 heterocycles. The van der Waals surface area contributed by atoms with Gasteiger partial charge in [-0.3, -0.25) is 9.78 Å². The predicted octanol–water partition coefficient (Wildman–Crippen LogP) is 5.60. The largest absolute Gasteiger partial charge is 0.416 e. The van der Waals surface area contributed by atoms with Gasteiger partial charge in [0, 0.05) is 30.9 Å². The van der Waals surface area contributed by atoms with E-state index in [-0.39, 0.29) is 24.5 Å². The van der Waals surface area contributed by atoms with Gasteiger partial charge in [0.2, 0.25) is 0 Å². The van der Waals surface area contributed by atoms with Crippen LogP contribution in [0.3, 0.4) is 0 Å². The summed E-state index contributed by atoms with van der Waals surface area (Å²) in [5.74, 6) is -0.831. The fourth-order valence-corrected chi connectivity index (χ4v) is 5.82. The van der Waals surface area contributed by atoms with Gasteiger partial charge >= 0.3 is 6.18 Å². The molecule has 1 atom stereocenters. The van der Waals surface area contributed by atoms with Crippen LogP contribution in [0.1, 0.15) is 33.7 Å². The topological polar surface area (TPSA) is 63.9 Å². The molecular weight excluding hydrogens is 506 g/mol. The van der Waals surface area contributed by atoms with E-state index in [1.165, 1.54) is 23.5 Å². The number of nitrogens with zero attached hydrogens (tertiary/aromatic N) is 5. The van der Waals surface area contributed by atoms with Crippen LogP contribution in [0.15, 0.2) is 65.9 Å². The van der Waals surface area contributed by atoms with E-state index in [4.69, 9.17) is 0 Å². The van der Waals surface area contributed by atoms with Crippen molar-refractivity contribution in [2.75, 3.05) is 18.0 Å². The van der Waals surface area contributed by atoms with Gasteiger partial charge in [-0.2, -0.15) is 18.3 Å². The predicted molar refractivity (Wildman–Crippen MR) is 130 cm³/mol. The lowest BCUT2D eigenvalue weighted by Gasteiger charge is -2.45. The summed E-state index contributed by atoms with van der Waals surface area (Å²) in [5.41, 5.74) is 0.736. The van der Waals surface area contributed by atoms with Gasteiger partial charge in [-0.1, -0.05) is 5.57 Å². The van der Waals surface area contributed by atoms with E-state index < -0.39 is 22.9 Å². The number of Topliss-reactive ketones (excluding diaryl/α,β-unsaturated/α-hetero) is 1. The summed E-state index contributed by atoms with van der Waals surface area (Å²) in [6.45, 7) is 0.856.